The highest BCUT2D eigenvalue weighted by Gasteiger charge is 2.27. The minimum absolute atomic E-state index is 0.0487. The van der Waals surface area contributed by atoms with E-state index < -0.39 is 10.0 Å². The number of sulfonamides is 1. The molecule has 1 aliphatic heterocycles. The number of likely N-dealkylation sites (N-methyl/N-ethyl adjacent to an activating group) is 1. The fourth-order valence-electron chi connectivity index (χ4n) is 3.87. The predicted molar refractivity (Wildman–Crippen MR) is 118 cm³/mol. The van der Waals surface area contributed by atoms with Crippen LogP contribution in [0.5, 0.6) is 0 Å². The smallest absolute Gasteiger partial charge is 0.240 e. The summed E-state index contributed by atoms with van der Waals surface area (Å²) in [6.45, 7) is 7.13. The normalized spacial score (nSPS) is 17.1. The largest absolute Gasteiger partial charge is 0.353 e. The van der Waals surface area contributed by atoms with Crippen molar-refractivity contribution in [1.82, 2.24) is 19.1 Å². The van der Waals surface area contributed by atoms with Crippen molar-refractivity contribution in [2.45, 2.75) is 24.8 Å². The monoisotopic (exact) mass is 433 g/mol. The second-order valence-electron chi connectivity index (χ2n) is 7.91. The summed E-state index contributed by atoms with van der Waals surface area (Å²) in [5, 5.41) is 2.68. The number of carbonyl (C=O) groups excluding carboxylic acids is 1. The molecule has 2 aromatic rings. The van der Waals surface area contributed by atoms with Gasteiger partial charge in [-0.2, -0.15) is 0 Å². The van der Waals surface area contributed by atoms with E-state index in [0.717, 1.165) is 31.9 Å². The molecular formula is C21H31N5O3S. The van der Waals surface area contributed by atoms with E-state index in [9.17, 15) is 13.2 Å². The van der Waals surface area contributed by atoms with Crippen LogP contribution < -0.4 is 10.0 Å². The lowest BCUT2D eigenvalue weighted by molar-refractivity contribution is -0.114. The Morgan fingerprint density at radius 1 is 1.13 bits per heavy atom. The molecule has 3 rings (SSSR count). The Kier molecular flexibility index (Phi) is 6.97. The predicted octanol–water partition coefficient (Wildman–Crippen LogP) is 1.56. The first kappa shape index (κ1) is 22.5. The van der Waals surface area contributed by atoms with Crippen LogP contribution in [0.15, 0.2) is 41.4 Å². The van der Waals surface area contributed by atoms with Gasteiger partial charge in [-0.05, 0) is 49.9 Å². The first-order valence-corrected chi connectivity index (χ1v) is 11.6. The van der Waals surface area contributed by atoms with Crippen molar-refractivity contribution in [3.8, 4) is 0 Å². The van der Waals surface area contributed by atoms with E-state index in [0.29, 0.717) is 11.3 Å². The zero-order valence-corrected chi connectivity index (χ0v) is 18.9. The van der Waals surface area contributed by atoms with E-state index in [1.807, 2.05) is 29.9 Å². The van der Waals surface area contributed by atoms with Crippen LogP contribution >= 0.6 is 0 Å². The van der Waals surface area contributed by atoms with E-state index in [2.05, 4.69) is 26.9 Å². The molecule has 1 unspecified atom stereocenters. The van der Waals surface area contributed by atoms with Gasteiger partial charge < -0.3 is 14.8 Å². The third-order valence-electron chi connectivity index (χ3n) is 5.56. The first-order chi connectivity index (χ1) is 14.2. The van der Waals surface area contributed by atoms with E-state index >= 15 is 0 Å². The van der Waals surface area contributed by atoms with Gasteiger partial charge in [0.25, 0.3) is 0 Å². The number of hydrogen-bond donors (Lipinski definition) is 2. The third kappa shape index (κ3) is 5.28. The molecule has 1 aliphatic rings. The lowest BCUT2D eigenvalue weighted by Crippen LogP contribution is -2.48. The van der Waals surface area contributed by atoms with Crippen LogP contribution in [-0.2, 0) is 21.9 Å². The minimum Gasteiger partial charge on any atom is -0.353 e. The van der Waals surface area contributed by atoms with E-state index in [4.69, 9.17) is 0 Å². The molecule has 2 heterocycles. The van der Waals surface area contributed by atoms with Gasteiger partial charge in [-0.25, -0.2) is 13.1 Å². The second-order valence-corrected chi connectivity index (χ2v) is 9.65. The number of amides is 1. The van der Waals surface area contributed by atoms with Crippen molar-refractivity contribution in [2.24, 2.45) is 7.05 Å². The molecule has 0 saturated carbocycles. The Labute approximate surface area is 178 Å². The van der Waals surface area contributed by atoms with Crippen LogP contribution in [-0.4, -0.2) is 68.5 Å². The van der Waals surface area contributed by atoms with Gasteiger partial charge in [0.05, 0.1) is 10.9 Å². The molecule has 1 fully saturated rings. The number of rotatable bonds is 7. The van der Waals surface area contributed by atoms with Gasteiger partial charge in [-0.3, -0.25) is 9.69 Å². The number of piperazine rings is 1. The van der Waals surface area contributed by atoms with Crippen molar-refractivity contribution in [3.63, 3.8) is 0 Å². The van der Waals surface area contributed by atoms with Gasteiger partial charge >= 0.3 is 0 Å². The maximum absolute atomic E-state index is 13.0. The molecule has 1 aromatic heterocycles. The average molecular weight is 434 g/mol. The molecule has 1 amide bonds. The zero-order valence-electron chi connectivity index (χ0n) is 18.1. The first-order valence-electron chi connectivity index (χ1n) is 10.1. The molecule has 1 saturated heterocycles. The number of anilines is 1. The molecule has 0 spiro atoms. The van der Waals surface area contributed by atoms with Crippen LogP contribution in [0.4, 0.5) is 5.69 Å². The topological polar surface area (TPSA) is 86.7 Å². The quantitative estimate of drug-likeness (QED) is 0.692. The van der Waals surface area contributed by atoms with E-state index in [-0.39, 0.29) is 23.4 Å². The molecule has 8 nitrogen and oxygen atoms in total. The molecule has 164 valence electrons. The van der Waals surface area contributed by atoms with Crippen LogP contribution in [0.1, 0.15) is 24.2 Å². The number of benzene rings is 1. The third-order valence-corrected chi connectivity index (χ3v) is 7.14. The van der Waals surface area contributed by atoms with Gasteiger partial charge in [0.2, 0.25) is 15.9 Å². The van der Waals surface area contributed by atoms with Gasteiger partial charge in [-0.1, -0.05) is 0 Å². The van der Waals surface area contributed by atoms with Crippen molar-refractivity contribution >= 4 is 21.6 Å². The summed E-state index contributed by atoms with van der Waals surface area (Å²) in [7, 11) is 0.392. The molecule has 1 atom stereocenters. The van der Waals surface area contributed by atoms with Crippen LogP contribution in [0.2, 0.25) is 0 Å². The minimum atomic E-state index is -3.69. The summed E-state index contributed by atoms with van der Waals surface area (Å²) >= 11 is 0. The second kappa shape index (κ2) is 9.30. The Morgan fingerprint density at radius 2 is 1.83 bits per heavy atom. The number of nitrogens with one attached hydrogen (secondary N) is 2. The molecule has 9 heteroatoms. The number of hydrogen-bond acceptors (Lipinski definition) is 5. The molecule has 1 aromatic carbocycles. The number of aromatic nitrogens is 1. The van der Waals surface area contributed by atoms with E-state index in [1.54, 1.807) is 19.1 Å². The van der Waals surface area contributed by atoms with Crippen molar-refractivity contribution in [2.75, 3.05) is 45.1 Å². The lowest BCUT2D eigenvalue weighted by atomic mass is 10.1. The standard InChI is InChI=1S/C21H31N5O3S/c1-16-14-18(23-17(2)27)7-8-21(16)30(28,29)22-15-20(19-6-5-9-25(19)4)26-12-10-24(3)11-13-26/h5-9,14,20,22H,10-13,15H2,1-4H3,(H,23,27). The fourth-order valence-corrected chi connectivity index (χ4v) is 5.14. The van der Waals surface area contributed by atoms with Crippen molar-refractivity contribution in [1.29, 1.82) is 0 Å². The summed E-state index contributed by atoms with van der Waals surface area (Å²) in [5.41, 5.74) is 2.25. The van der Waals surface area contributed by atoms with Crippen LogP contribution in [0.25, 0.3) is 0 Å². The lowest BCUT2D eigenvalue weighted by Gasteiger charge is -2.38. The summed E-state index contributed by atoms with van der Waals surface area (Å²) in [6.07, 6.45) is 1.98. The maximum atomic E-state index is 13.0. The summed E-state index contributed by atoms with van der Waals surface area (Å²) in [5.74, 6) is -0.194. The number of aryl methyl sites for hydroxylation is 2. The molecule has 0 bridgehead atoms. The van der Waals surface area contributed by atoms with E-state index in [1.165, 1.54) is 13.0 Å². The van der Waals surface area contributed by atoms with Crippen LogP contribution in [0, 0.1) is 6.92 Å². The summed E-state index contributed by atoms with van der Waals surface area (Å²) in [6, 6.07) is 8.80. The van der Waals surface area contributed by atoms with Gasteiger partial charge in [0.15, 0.2) is 0 Å². The Bertz CT molecular complexity index is 994. The molecular weight excluding hydrogens is 402 g/mol. The summed E-state index contributed by atoms with van der Waals surface area (Å²) in [4.78, 5) is 16.1. The van der Waals surface area contributed by atoms with Gasteiger partial charge in [0.1, 0.15) is 0 Å². The molecule has 2 N–H and O–H groups in total. The highest BCUT2D eigenvalue weighted by atomic mass is 32.2. The highest BCUT2D eigenvalue weighted by Crippen LogP contribution is 2.24. The maximum Gasteiger partial charge on any atom is 0.240 e. The Balaban J connectivity index is 1.79. The van der Waals surface area contributed by atoms with Gasteiger partial charge in [0, 0.05) is 64.3 Å². The highest BCUT2D eigenvalue weighted by molar-refractivity contribution is 7.89. The van der Waals surface area contributed by atoms with Gasteiger partial charge in [-0.15, -0.1) is 0 Å². The van der Waals surface area contributed by atoms with Crippen molar-refractivity contribution < 1.29 is 13.2 Å². The fraction of sp³-hybridized carbons (Fsp3) is 0.476. The Morgan fingerprint density at radius 3 is 2.40 bits per heavy atom. The number of nitrogens with zero attached hydrogens (tertiary/aromatic N) is 3. The summed E-state index contributed by atoms with van der Waals surface area (Å²) < 4.78 is 31.0. The molecule has 0 radical (unpaired) electrons. The zero-order chi connectivity index (χ0) is 21.9. The van der Waals surface area contributed by atoms with Crippen LogP contribution in [0.3, 0.4) is 0 Å². The SMILES string of the molecule is CC(=O)Nc1ccc(S(=O)(=O)NCC(c2cccn2C)N2CCN(C)CC2)c(C)c1. The Hall–Kier alpha value is -2.20. The number of carbonyl (C=O) groups is 1. The molecule has 0 aliphatic carbocycles. The van der Waals surface area contributed by atoms with Crippen molar-refractivity contribution in [3.05, 3.63) is 47.8 Å². The molecule has 30 heavy (non-hydrogen) atoms. The average Bonchev–Trinajstić information content (AvgIpc) is 3.08.